The molecule has 2 N–H and O–H groups in total. The summed E-state index contributed by atoms with van der Waals surface area (Å²) >= 11 is 0. The predicted octanol–water partition coefficient (Wildman–Crippen LogP) is 1.05. The number of nitrogens with zero attached hydrogens (tertiary/aromatic N) is 2. The maximum atomic E-state index is 6.23. The maximum absolute atomic E-state index is 6.23. The van der Waals surface area contributed by atoms with Crippen molar-refractivity contribution in [3.05, 3.63) is 0 Å². The van der Waals surface area contributed by atoms with Crippen molar-refractivity contribution in [2.75, 3.05) is 26.2 Å². The Morgan fingerprint density at radius 2 is 1.79 bits per heavy atom. The first-order chi connectivity index (χ1) is 9.04. The molecule has 2 aliphatic heterocycles. The fourth-order valence-electron chi connectivity index (χ4n) is 4.19. The molecule has 0 radical (unpaired) electrons. The molecule has 4 atom stereocenters. The Kier molecular flexibility index (Phi) is 3.63. The minimum Gasteiger partial charge on any atom is -0.373 e. The average Bonchev–Trinajstić information content (AvgIpc) is 3.12. The number of morpholine rings is 1. The Labute approximate surface area is 117 Å². The summed E-state index contributed by atoms with van der Waals surface area (Å²) in [5, 5.41) is 0. The van der Waals surface area contributed by atoms with Crippen molar-refractivity contribution < 1.29 is 4.74 Å². The lowest BCUT2D eigenvalue weighted by molar-refractivity contribution is -0.0987. The van der Waals surface area contributed by atoms with Crippen LogP contribution in [-0.4, -0.2) is 65.8 Å². The lowest BCUT2D eigenvalue weighted by Gasteiger charge is -2.46. The van der Waals surface area contributed by atoms with Crippen LogP contribution in [0.4, 0.5) is 0 Å². The summed E-state index contributed by atoms with van der Waals surface area (Å²) in [4.78, 5) is 5.34. The highest BCUT2D eigenvalue weighted by atomic mass is 16.5. The summed E-state index contributed by atoms with van der Waals surface area (Å²) in [5.74, 6) is 0. The van der Waals surface area contributed by atoms with Crippen molar-refractivity contribution in [2.24, 2.45) is 5.73 Å². The van der Waals surface area contributed by atoms with Gasteiger partial charge in [-0.3, -0.25) is 9.80 Å². The van der Waals surface area contributed by atoms with Gasteiger partial charge in [-0.1, -0.05) is 0 Å². The fourth-order valence-corrected chi connectivity index (χ4v) is 4.19. The summed E-state index contributed by atoms with van der Waals surface area (Å²) in [6.07, 6.45) is 4.66. The molecular weight excluding hydrogens is 238 g/mol. The largest absolute Gasteiger partial charge is 0.373 e. The molecule has 1 aliphatic carbocycles. The first-order valence-corrected chi connectivity index (χ1v) is 7.90. The first kappa shape index (κ1) is 13.8. The van der Waals surface area contributed by atoms with E-state index in [0.717, 1.165) is 32.2 Å². The van der Waals surface area contributed by atoms with E-state index in [1.54, 1.807) is 0 Å². The summed E-state index contributed by atoms with van der Waals surface area (Å²) in [6, 6.07) is 1.53. The number of rotatable bonds is 3. The molecule has 4 unspecified atom stereocenters. The van der Waals surface area contributed by atoms with Crippen LogP contribution in [0.25, 0.3) is 0 Å². The van der Waals surface area contributed by atoms with Gasteiger partial charge in [0.1, 0.15) is 0 Å². The van der Waals surface area contributed by atoms with Gasteiger partial charge in [0.15, 0.2) is 0 Å². The second-order valence-electron chi connectivity index (χ2n) is 7.05. The minimum atomic E-state index is 0.189. The topological polar surface area (TPSA) is 41.7 Å². The van der Waals surface area contributed by atoms with Gasteiger partial charge in [0.2, 0.25) is 0 Å². The van der Waals surface area contributed by atoms with Gasteiger partial charge in [0.25, 0.3) is 0 Å². The standard InChI is InChI=1S/C15H29N3O/c1-11-6-15(9-16,10-18(11)14-4-5-14)17-7-12(2)19-13(3)8-17/h11-14H,4-10,16H2,1-3H3. The average molecular weight is 267 g/mol. The molecule has 0 aromatic rings. The molecule has 0 aromatic heterocycles. The number of hydrogen-bond acceptors (Lipinski definition) is 4. The highest BCUT2D eigenvalue weighted by Gasteiger charge is 2.50. The molecule has 19 heavy (non-hydrogen) atoms. The summed E-state index contributed by atoms with van der Waals surface area (Å²) in [6.45, 7) is 10.8. The molecule has 0 spiro atoms. The van der Waals surface area contributed by atoms with E-state index < -0.39 is 0 Å². The number of ether oxygens (including phenoxy) is 1. The monoisotopic (exact) mass is 267 g/mol. The molecule has 2 heterocycles. The lowest BCUT2D eigenvalue weighted by Crippen LogP contribution is -2.61. The van der Waals surface area contributed by atoms with Gasteiger partial charge < -0.3 is 10.5 Å². The van der Waals surface area contributed by atoms with E-state index in [-0.39, 0.29) is 5.54 Å². The molecule has 2 saturated heterocycles. The third kappa shape index (κ3) is 2.56. The van der Waals surface area contributed by atoms with Gasteiger partial charge in [-0.2, -0.15) is 0 Å². The van der Waals surface area contributed by atoms with Gasteiger partial charge in [-0.15, -0.1) is 0 Å². The second-order valence-corrected chi connectivity index (χ2v) is 7.05. The molecule has 110 valence electrons. The normalized spacial score (nSPS) is 45.8. The van der Waals surface area contributed by atoms with Crippen LogP contribution < -0.4 is 5.73 Å². The van der Waals surface area contributed by atoms with Crippen molar-refractivity contribution in [1.82, 2.24) is 9.80 Å². The van der Waals surface area contributed by atoms with Crippen LogP contribution in [0.3, 0.4) is 0 Å². The van der Waals surface area contributed by atoms with Crippen molar-refractivity contribution >= 4 is 0 Å². The second kappa shape index (κ2) is 4.99. The number of nitrogens with two attached hydrogens (primary N) is 1. The zero-order valence-corrected chi connectivity index (χ0v) is 12.6. The van der Waals surface area contributed by atoms with Crippen molar-refractivity contribution in [1.29, 1.82) is 0 Å². The Hall–Kier alpha value is -0.160. The van der Waals surface area contributed by atoms with Gasteiger partial charge in [-0.05, 0) is 40.0 Å². The highest BCUT2D eigenvalue weighted by molar-refractivity contribution is 5.07. The van der Waals surface area contributed by atoms with Crippen LogP contribution in [0.15, 0.2) is 0 Å². The zero-order valence-electron chi connectivity index (χ0n) is 12.6. The van der Waals surface area contributed by atoms with Crippen LogP contribution in [-0.2, 0) is 4.74 Å². The predicted molar refractivity (Wildman–Crippen MR) is 77.2 cm³/mol. The Bertz CT molecular complexity index is 323. The molecule has 0 bridgehead atoms. The number of likely N-dealkylation sites (tertiary alicyclic amines) is 1. The molecule has 4 heteroatoms. The first-order valence-electron chi connectivity index (χ1n) is 7.90. The van der Waals surface area contributed by atoms with Crippen LogP contribution in [0.1, 0.15) is 40.0 Å². The summed E-state index contributed by atoms with van der Waals surface area (Å²) in [7, 11) is 0. The van der Waals surface area contributed by atoms with Crippen molar-refractivity contribution in [3.8, 4) is 0 Å². The zero-order chi connectivity index (χ0) is 13.6. The van der Waals surface area contributed by atoms with Crippen molar-refractivity contribution in [2.45, 2.75) is 69.9 Å². The van der Waals surface area contributed by atoms with Crippen LogP contribution in [0.2, 0.25) is 0 Å². The third-order valence-electron chi connectivity index (χ3n) is 5.20. The highest BCUT2D eigenvalue weighted by Crippen LogP contribution is 2.40. The molecule has 3 fully saturated rings. The Balaban J connectivity index is 1.75. The van der Waals surface area contributed by atoms with E-state index in [0.29, 0.717) is 18.2 Å². The Morgan fingerprint density at radius 1 is 1.16 bits per heavy atom. The van der Waals surface area contributed by atoms with Crippen molar-refractivity contribution in [3.63, 3.8) is 0 Å². The summed E-state index contributed by atoms with van der Waals surface area (Å²) in [5.41, 5.74) is 6.42. The third-order valence-corrected chi connectivity index (χ3v) is 5.20. The van der Waals surface area contributed by atoms with E-state index in [2.05, 4.69) is 30.6 Å². The molecular formula is C15H29N3O. The fraction of sp³-hybridized carbons (Fsp3) is 1.00. The quantitative estimate of drug-likeness (QED) is 0.830. The van der Waals surface area contributed by atoms with E-state index in [9.17, 15) is 0 Å². The van der Waals surface area contributed by atoms with E-state index in [1.807, 2.05) is 0 Å². The van der Waals surface area contributed by atoms with Gasteiger partial charge in [0, 0.05) is 43.8 Å². The van der Waals surface area contributed by atoms with E-state index in [4.69, 9.17) is 10.5 Å². The Morgan fingerprint density at radius 3 is 2.32 bits per heavy atom. The SMILES string of the molecule is CC1CN(C2(CN)CC(C)N(C3CC3)C2)CC(C)O1. The van der Waals surface area contributed by atoms with E-state index in [1.165, 1.54) is 19.3 Å². The molecule has 1 saturated carbocycles. The number of hydrogen-bond donors (Lipinski definition) is 1. The molecule has 3 rings (SSSR count). The minimum absolute atomic E-state index is 0.189. The maximum Gasteiger partial charge on any atom is 0.0678 e. The van der Waals surface area contributed by atoms with Gasteiger partial charge in [-0.25, -0.2) is 0 Å². The smallest absolute Gasteiger partial charge is 0.0678 e. The lowest BCUT2D eigenvalue weighted by atomic mass is 9.92. The molecule has 4 nitrogen and oxygen atoms in total. The molecule has 0 amide bonds. The summed E-state index contributed by atoms with van der Waals surface area (Å²) < 4.78 is 5.88. The van der Waals surface area contributed by atoms with E-state index >= 15 is 0 Å². The van der Waals surface area contributed by atoms with Crippen LogP contribution in [0, 0.1) is 0 Å². The molecule has 0 aromatic carbocycles. The van der Waals surface area contributed by atoms with Gasteiger partial charge >= 0.3 is 0 Å². The van der Waals surface area contributed by atoms with Gasteiger partial charge in [0.05, 0.1) is 12.2 Å². The van der Waals surface area contributed by atoms with Crippen LogP contribution >= 0.6 is 0 Å². The molecule has 3 aliphatic rings. The van der Waals surface area contributed by atoms with Crippen LogP contribution in [0.5, 0.6) is 0 Å².